The minimum Gasteiger partial charge on any atom is -0.468 e. The summed E-state index contributed by atoms with van der Waals surface area (Å²) in [5.74, 6) is 0.183. The normalized spacial score (nSPS) is 18.9. The van der Waals surface area contributed by atoms with Crippen LogP contribution in [0.4, 0.5) is 0 Å². The molecule has 3 aliphatic heterocycles. The number of nitrogens with one attached hydrogen (secondary N) is 1. The van der Waals surface area contributed by atoms with Crippen molar-refractivity contribution in [3.63, 3.8) is 0 Å². The Morgan fingerprint density at radius 3 is 2.11 bits per heavy atom. The molecule has 0 bridgehead atoms. The zero-order chi connectivity index (χ0) is 32.4. The third kappa shape index (κ3) is 10.2. The van der Waals surface area contributed by atoms with Gasteiger partial charge in [-0.25, -0.2) is 9.59 Å². The van der Waals surface area contributed by atoms with Crippen molar-refractivity contribution in [2.45, 2.75) is 25.1 Å². The predicted molar refractivity (Wildman–Crippen MR) is 160 cm³/mol. The molecule has 3 saturated heterocycles. The predicted octanol–water partition coefficient (Wildman–Crippen LogP) is 3.47. The number of carbonyl (C=O) groups is 2. The quantitative estimate of drug-likeness (QED) is 0.0471. The Kier molecular flexibility index (Phi) is 10.9. The van der Waals surface area contributed by atoms with Crippen molar-refractivity contribution in [1.29, 1.82) is 5.41 Å². The summed E-state index contributed by atoms with van der Waals surface area (Å²) < 4.78 is 58.9. The van der Waals surface area contributed by atoms with Gasteiger partial charge >= 0.3 is 11.9 Å². The lowest BCUT2D eigenvalue weighted by molar-refractivity contribution is -0.0457. The molecule has 3 aromatic carbocycles. The number of hydrogen-bond acceptors (Lipinski definition) is 14. The van der Waals surface area contributed by atoms with Gasteiger partial charge in [0.15, 0.2) is 44.5 Å². The molecule has 3 aromatic rings. The van der Waals surface area contributed by atoms with Crippen LogP contribution in [0.5, 0.6) is 23.0 Å². The Morgan fingerprint density at radius 1 is 0.745 bits per heavy atom. The van der Waals surface area contributed by atoms with Crippen LogP contribution in [0, 0.1) is 5.41 Å². The highest BCUT2D eigenvalue weighted by atomic mass is 16.8. The first-order chi connectivity index (χ1) is 23.0. The molecule has 3 atom stereocenters. The van der Waals surface area contributed by atoms with Gasteiger partial charge in [-0.15, -0.1) is 0 Å². The second-order valence-electron chi connectivity index (χ2n) is 10.4. The average molecular weight is 652 g/mol. The Balaban J connectivity index is 0.988. The van der Waals surface area contributed by atoms with E-state index in [0.717, 1.165) is 11.8 Å². The van der Waals surface area contributed by atoms with E-state index in [9.17, 15) is 9.59 Å². The van der Waals surface area contributed by atoms with Gasteiger partial charge in [-0.3, -0.25) is 0 Å². The van der Waals surface area contributed by atoms with Crippen LogP contribution in [0.1, 0.15) is 31.8 Å². The molecule has 6 rings (SSSR count). The summed E-state index contributed by atoms with van der Waals surface area (Å²) >= 11 is 0. The van der Waals surface area contributed by atoms with E-state index in [-0.39, 0.29) is 62.7 Å². The summed E-state index contributed by atoms with van der Waals surface area (Å²) in [6.07, 6.45) is 1.04. The number of esters is 2. The van der Waals surface area contributed by atoms with Crippen LogP contribution in [0.2, 0.25) is 0 Å². The summed E-state index contributed by atoms with van der Waals surface area (Å²) in [5, 5.41) is 7.85. The summed E-state index contributed by atoms with van der Waals surface area (Å²) in [7, 11) is 0. The minimum atomic E-state index is -0.669. The summed E-state index contributed by atoms with van der Waals surface area (Å²) in [6.45, 7) is 2.23. The third-order valence-electron chi connectivity index (χ3n) is 6.88. The number of hydrogen-bond donors (Lipinski definition) is 1. The summed E-state index contributed by atoms with van der Waals surface area (Å²) in [5.41, 5.74) is 1.73. The van der Waals surface area contributed by atoms with E-state index >= 15 is 0 Å². The second kappa shape index (κ2) is 15.8. The van der Waals surface area contributed by atoms with Crippen LogP contribution in [-0.4, -0.2) is 90.3 Å². The summed E-state index contributed by atoms with van der Waals surface area (Å²) in [6, 6.07) is 16.1. The molecule has 47 heavy (non-hydrogen) atoms. The van der Waals surface area contributed by atoms with Crippen molar-refractivity contribution >= 4 is 18.2 Å². The van der Waals surface area contributed by atoms with Crippen molar-refractivity contribution in [2.75, 3.05) is 53.4 Å². The molecule has 0 radical (unpaired) electrons. The molecule has 0 saturated carbocycles. The van der Waals surface area contributed by atoms with Gasteiger partial charge in [0, 0.05) is 18.2 Å². The van der Waals surface area contributed by atoms with Crippen LogP contribution in [0.15, 0.2) is 60.7 Å². The van der Waals surface area contributed by atoms with Crippen molar-refractivity contribution < 1.29 is 61.7 Å². The zero-order valence-electron chi connectivity index (χ0n) is 25.3. The highest BCUT2D eigenvalue weighted by molar-refractivity contribution is 5.93. The van der Waals surface area contributed by atoms with Crippen molar-refractivity contribution in [3.8, 4) is 23.0 Å². The molecule has 0 aliphatic carbocycles. The Hall–Kier alpha value is -4.57. The van der Waals surface area contributed by atoms with Crippen molar-refractivity contribution in [2.24, 2.45) is 0 Å². The fourth-order valence-electron chi connectivity index (χ4n) is 4.09. The molecule has 14 heteroatoms. The van der Waals surface area contributed by atoms with Gasteiger partial charge in [-0.1, -0.05) is 6.07 Å². The first kappa shape index (κ1) is 32.4. The maximum absolute atomic E-state index is 13.1. The molecule has 3 unspecified atom stereocenters. The van der Waals surface area contributed by atoms with E-state index in [0.29, 0.717) is 55.5 Å². The first-order valence-corrected chi connectivity index (χ1v) is 14.8. The molecule has 3 fully saturated rings. The smallest absolute Gasteiger partial charge is 0.343 e. The highest BCUT2D eigenvalue weighted by Crippen LogP contribution is 2.30. The van der Waals surface area contributed by atoms with E-state index in [1.165, 1.54) is 12.1 Å². The van der Waals surface area contributed by atoms with Crippen LogP contribution >= 0.6 is 0 Å². The van der Waals surface area contributed by atoms with Gasteiger partial charge in [0.1, 0.15) is 30.8 Å². The maximum Gasteiger partial charge on any atom is 0.343 e. The molecule has 3 heterocycles. The van der Waals surface area contributed by atoms with Gasteiger partial charge in [-0.2, -0.15) is 0 Å². The van der Waals surface area contributed by atoms with Crippen LogP contribution < -0.4 is 18.9 Å². The maximum atomic E-state index is 13.1. The number of carbonyl (C=O) groups excluding carboxylic acids is 2. The van der Waals surface area contributed by atoms with E-state index in [2.05, 4.69) is 0 Å². The van der Waals surface area contributed by atoms with Crippen LogP contribution in [0.3, 0.4) is 0 Å². The largest absolute Gasteiger partial charge is 0.468 e. The van der Waals surface area contributed by atoms with E-state index < -0.39 is 11.9 Å². The molecular weight excluding hydrogens is 618 g/mol. The Bertz CT molecular complexity index is 1530. The van der Waals surface area contributed by atoms with E-state index in [1.54, 1.807) is 48.5 Å². The molecular formula is C33H33NO13. The van der Waals surface area contributed by atoms with Crippen LogP contribution in [0.25, 0.3) is 0 Å². The van der Waals surface area contributed by atoms with Crippen molar-refractivity contribution in [3.05, 3.63) is 82.9 Å². The Morgan fingerprint density at radius 2 is 1.43 bits per heavy atom. The molecule has 14 nitrogen and oxygen atoms in total. The molecule has 3 aliphatic rings. The summed E-state index contributed by atoms with van der Waals surface area (Å²) in [4.78, 5) is 25.6. The lowest BCUT2D eigenvalue weighted by atomic mass is 10.1. The van der Waals surface area contributed by atoms with Gasteiger partial charge in [0.2, 0.25) is 0 Å². The van der Waals surface area contributed by atoms with Gasteiger partial charge in [-0.05, 0) is 60.2 Å². The lowest BCUT2D eigenvalue weighted by Gasteiger charge is -2.14. The number of rotatable bonds is 20. The third-order valence-corrected chi connectivity index (χ3v) is 6.88. The Labute approximate surface area is 269 Å². The van der Waals surface area contributed by atoms with E-state index in [4.69, 9.17) is 57.5 Å². The topological polar surface area (TPSA) is 169 Å². The SMILES string of the molecule is N=Cc1cc(CCOC(=O)c2ccc(OCOCC3CO3)cc2)ccc1OC(=O)c1ccc(OCOC2CO2)c(OCOC2CO2)c1. The van der Waals surface area contributed by atoms with Crippen molar-refractivity contribution in [1.82, 2.24) is 0 Å². The molecule has 1 N–H and O–H groups in total. The molecule has 0 aromatic heterocycles. The lowest BCUT2D eigenvalue weighted by Crippen LogP contribution is -2.13. The standard InChI is InChI=1S/C33H33NO13/c34-13-24-11-21(9-10-38-32(35)22-2-5-25(6-3-22)42-18-37-14-26-15-39-26)1-7-27(24)47-33(36)23-4-8-28(43-19-45-30-16-40-30)29(12-23)44-20-46-31-17-41-31/h1-8,11-13,26,30-31,34H,9-10,14-20H2. The molecule has 248 valence electrons. The van der Waals surface area contributed by atoms with Gasteiger partial charge in [0.05, 0.1) is 30.9 Å². The van der Waals surface area contributed by atoms with Gasteiger partial charge in [0.25, 0.3) is 0 Å². The van der Waals surface area contributed by atoms with Crippen LogP contribution in [-0.2, 0) is 39.6 Å². The fraction of sp³-hybridized carbons (Fsp3) is 0.364. The fourth-order valence-corrected chi connectivity index (χ4v) is 4.09. The van der Waals surface area contributed by atoms with E-state index in [1.807, 2.05) is 0 Å². The zero-order valence-corrected chi connectivity index (χ0v) is 25.3. The van der Waals surface area contributed by atoms with Gasteiger partial charge < -0.3 is 57.5 Å². The number of ether oxygens (including phenoxy) is 11. The first-order valence-electron chi connectivity index (χ1n) is 14.8. The molecule has 0 amide bonds. The minimum absolute atomic E-state index is 0.0678. The molecule has 0 spiro atoms. The number of benzene rings is 3. The highest BCUT2D eigenvalue weighted by Gasteiger charge is 2.25. The average Bonchev–Trinajstić information content (AvgIpc) is 3.93. The second-order valence-corrected chi connectivity index (χ2v) is 10.4. The number of epoxide rings is 3. The monoisotopic (exact) mass is 651 g/mol.